The number of rotatable bonds is 4. The molecule has 0 aromatic heterocycles. The summed E-state index contributed by atoms with van der Waals surface area (Å²) in [4.78, 5) is 12.9. The van der Waals surface area contributed by atoms with Crippen LogP contribution in [0.25, 0.3) is 6.08 Å². The molecule has 0 unspecified atom stereocenters. The fourth-order valence-corrected chi connectivity index (χ4v) is 4.73. The van der Waals surface area contributed by atoms with Gasteiger partial charge >= 0.3 is 6.18 Å². The van der Waals surface area contributed by atoms with Crippen LogP contribution in [0.2, 0.25) is 0 Å². The second kappa shape index (κ2) is 8.57. The molecule has 5 nitrogen and oxygen atoms in total. The zero-order valence-corrected chi connectivity index (χ0v) is 16.5. The van der Waals surface area contributed by atoms with E-state index >= 15 is 0 Å². The van der Waals surface area contributed by atoms with Gasteiger partial charge in [-0.3, -0.25) is 4.79 Å². The molecule has 1 aliphatic rings. The summed E-state index contributed by atoms with van der Waals surface area (Å²) in [6, 6.07) is 9.67. The number of carbonyl (C=O) groups is 1. The number of benzene rings is 2. The summed E-state index contributed by atoms with van der Waals surface area (Å²) in [6.45, 7) is -0.207. The summed E-state index contributed by atoms with van der Waals surface area (Å²) in [5, 5.41) is 0. The maximum atomic E-state index is 13.2. The maximum Gasteiger partial charge on any atom is 0.417 e. The van der Waals surface area contributed by atoms with Crippen LogP contribution >= 0.6 is 0 Å². The Bertz CT molecular complexity index is 1060. The second-order valence-electron chi connectivity index (χ2n) is 6.61. The average molecular weight is 442 g/mol. The molecule has 1 amide bonds. The summed E-state index contributed by atoms with van der Waals surface area (Å²) in [5.74, 6) is -0.838. The van der Waals surface area contributed by atoms with Crippen molar-refractivity contribution in [1.82, 2.24) is 9.21 Å². The van der Waals surface area contributed by atoms with E-state index < -0.39 is 38.4 Å². The highest BCUT2D eigenvalue weighted by atomic mass is 32.2. The van der Waals surface area contributed by atoms with Crippen molar-refractivity contribution in [2.45, 2.75) is 11.1 Å². The lowest BCUT2D eigenvalue weighted by molar-refractivity contribution is -0.139. The van der Waals surface area contributed by atoms with Crippen LogP contribution in [0.1, 0.15) is 11.1 Å². The second-order valence-corrected chi connectivity index (χ2v) is 8.52. The summed E-state index contributed by atoms with van der Waals surface area (Å²) in [7, 11) is -4.37. The zero-order valence-electron chi connectivity index (χ0n) is 15.6. The molecule has 0 N–H and O–H groups in total. The molecule has 0 radical (unpaired) electrons. The van der Waals surface area contributed by atoms with Crippen molar-refractivity contribution < 1.29 is 30.8 Å². The number of amides is 1. The molecule has 0 spiro atoms. The molecular weight excluding hydrogens is 424 g/mol. The minimum Gasteiger partial charge on any atom is -0.337 e. The molecule has 0 bridgehead atoms. The van der Waals surface area contributed by atoms with Gasteiger partial charge in [0.15, 0.2) is 0 Å². The highest BCUT2D eigenvalue weighted by Gasteiger charge is 2.39. The molecule has 2 aromatic carbocycles. The van der Waals surface area contributed by atoms with Crippen molar-refractivity contribution in [2.24, 2.45) is 0 Å². The van der Waals surface area contributed by atoms with Gasteiger partial charge in [0.05, 0.1) is 10.5 Å². The number of nitrogens with zero attached hydrogens (tertiary/aromatic N) is 2. The van der Waals surface area contributed by atoms with Crippen molar-refractivity contribution in [3.05, 3.63) is 71.6 Å². The van der Waals surface area contributed by atoms with Gasteiger partial charge in [0.25, 0.3) is 0 Å². The zero-order chi connectivity index (χ0) is 21.9. The predicted molar refractivity (Wildman–Crippen MR) is 102 cm³/mol. The molecule has 3 rings (SSSR count). The van der Waals surface area contributed by atoms with Crippen molar-refractivity contribution in [1.29, 1.82) is 0 Å². The summed E-state index contributed by atoms with van der Waals surface area (Å²) in [6.07, 6.45) is -2.12. The lowest BCUT2D eigenvalue weighted by Gasteiger charge is -2.33. The first-order chi connectivity index (χ1) is 14.1. The van der Waals surface area contributed by atoms with Gasteiger partial charge in [-0.25, -0.2) is 12.8 Å². The Kier molecular flexibility index (Phi) is 6.27. The lowest BCUT2D eigenvalue weighted by Crippen LogP contribution is -2.50. The first kappa shape index (κ1) is 22.0. The van der Waals surface area contributed by atoms with Crippen LogP contribution in [0.5, 0.6) is 0 Å². The smallest absolute Gasteiger partial charge is 0.337 e. The van der Waals surface area contributed by atoms with Crippen LogP contribution in [-0.4, -0.2) is 49.7 Å². The molecule has 0 saturated carbocycles. The van der Waals surface area contributed by atoms with Crippen LogP contribution in [-0.2, 0) is 21.0 Å². The first-order valence-corrected chi connectivity index (χ1v) is 10.4. The quantitative estimate of drug-likeness (QED) is 0.539. The number of sulfonamides is 1. The van der Waals surface area contributed by atoms with Crippen molar-refractivity contribution >= 4 is 22.0 Å². The molecule has 2 aromatic rings. The van der Waals surface area contributed by atoms with Crippen LogP contribution in [0.4, 0.5) is 17.6 Å². The summed E-state index contributed by atoms with van der Waals surface area (Å²) < 4.78 is 79.2. The number of piperazine rings is 1. The van der Waals surface area contributed by atoms with Gasteiger partial charge in [-0.15, -0.1) is 0 Å². The number of alkyl halides is 3. The molecule has 1 heterocycles. The van der Waals surface area contributed by atoms with Gasteiger partial charge in [-0.2, -0.15) is 17.5 Å². The van der Waals surface area contributed by atoms with Gasteiger partial charge in [-0.1, -0.05) is 24.3 Å². The minimum atomic E-state index is -4.80. The Balaban J connectivity index is 1.69. The monoisotopic (exact) mass is 442 g/mol. The molecule has 0 atom stereocenters. The van der Waals surface area contributed by atoms with E-state index in [1.807, 2.05) is 0 Å². The fourth-order valence-electron chi connectivity index (χ4n) is 3.10. The number of carbonyl (C=O) groups excluding carboxylic acids is 1. The third-order valence-electron chi connectivity index (χ3n) is 4.63. The van der Waals surface area contributed by atoms with E-state index in [4.69, 9.17) is 0 Å². The van der Waals surface area contributed by atoms with Crippen molar-refractivity contribution in [3.63, 3.8) is 0 Å². The Labute approximate surface area is 171 Å². The molecule has 30 heavy (non-hydrogen) atoms. The third-order valence-corrected chi connectivity index (χ3v) is 6.58. The third kappa shape index (κ3) is 4.88. The van der Waals surface area contributed by atoms with E-state index in [2.05, 4.69) is 0 Å². The maximum absolute atomic E-state index is 13.2. The molecule has 10 heteroatoms. The number of halogens is 4. The van der Waals surface area contributed by atoms with Crippen LogP contribution in [0.3, 0.4) is 0 Å². The highest BCUT2D eigenvalue weighted by molar-refractivity contribution is 7.89. The van der Waals surface area contributed by atoms with E-state index in [0.29, 0.717) is 5.56 Å². The Morgan fingerprint density at radius 2 is 1.63 bits per heavy atom. The van der Waals surface area contributed by atoms with Gasteiger partial charge in [0.1, 0.15) is 5.82 Å². The Morgan fingerprint density at radius 1 is 0.967 bits per heavy atom. The van der Waals surface area contributed by atoms with Crippen molar-refractivity contribution in [2.75, 3.05) is 26.2 Å². The molecule has 0 aliphatic carbocycles. The van der Waals surface area contributed by atoms with Crippen LogP contribution < -0.4 is 0 Å². The summed E-state index contributed by atoms with van der Waals surface area (Å²) >= 11 is 0. The standard InChI is InChI=1S/C20H18F4N2O3S/c21-16-5-3-4-15(14-16)8-9-19(27)25-10-12-26(13-11-25)30(28,29)18-7-2-1-6-17(18)20(22,23)24/h1-9,14H,10-13H2. The number of hydrogen-bond acceptors (Lipinski definition) is 3. The van der Waals surface area contributed by atoms with E-state index in [1.165, 1.54) is 41.3 Å². The highest BCUT2D eigenvalue weighted by Crippen LogP contribution is 2.35. The first-order valence-electron chi connectivity index (χ1n) is 8.98. The van der Waals surface area contributed by atoms with E-state index in [0.717, 1.165) is 22.5 Å². The number of hydrogen-bond donors (Lipinski definition) is 0. The molecule has 160 valence electrons. The van der Waals surface area contributed by atoms with E-state index in [1.54, 1.807) is 6.07 Å². The summed E-state index contributed by atoms with van der Waals surface area (Å²) in [5.41, 5.74) is -0.727. The van der Waals surface area contributed by atoms with Gasteiger partial charge < -0.3 is 4.90 Å². The predicted octanol–water partition coefficient (Wildman–Crippen LogP) is 3.39. The molecule has 1 fully saturated rings. The van der Waals surface area contributed by atoms with Gasteiger partial charge in [0, 0.05) is 32.3 Å². The SMILES string of the molecule is O=C(C=Cc1cccc(F)c1)N1CCN(S(=O)(=O)c2ccccc2C(F)(F)F)CC1. The fraction of sp³-hybridized carbons (Fsp3) is 0.250. The van der Waals surface area contributed by atoms with Crippen LogP contribution in [0.15, 0.2) is 59.5 Å². The van der Waals surface area contributed by atoms with Crippen LogP contribution in [0, 0.1) is 5.82 Å². The van der Waals surface area contributed by atoms with E-state index in [-0.39, 0.29) is 26.2 Å². The van der Waals surface area contributed by atoms with Gasteiger partial charge in [-0.05, 0) is 35.9 Å². The largest absolute Gasteiger partial charge is 0.417 e. The molecular formula is C20H18F4N2O3S. The molecule has 1 saturated heterocycles. The Morgan fingerprint density at radius 3 is 2.27 bits per heavy atom. The Hall–Kier alpha value is -2.72. The normalized spacial score (nSPS) is 16.2. The van der Waals surface area contributed by atoms with Crippen molar-refractivity contribution in [3.8, 4) is 0 Å². The minimum absolute atomic E-state index is 0.0275. The van der Waals surface area contributed by atoms with Gasteiger partial charge in [0.2, 0.25) is 15.9 Å². The molecule has 1 aliphatic heterocycles. The van der Waals surface area contributed by atoms with E-state index in [9.17, 15) is 30.8 Å². The topological polar surface area (TPSA) is 57.7 Å². The lowest BCUT2D eigenvalue weighted by atomic mass is 10.2. The average Bonchev–Trinajstić information content (AvgIpc) is 2.71.